The number of nitriles is 1. The van der Waals surface area contributed by atoms with Gasteiger partial charge in [0.1, 0.15) is 11.9 Å². The van der Waals surface area contributed by atoms with E-state index in [1.807, 2.05) is 18.4 Å². The maximum absolute atomic E-state index is 15.3. The summed E-state index contributed by atoms with van der Waals surface area (Å²) in [6.07, 6.45) is 1.52. The molecule has 0 N–H and O–H groups in total. The maximum Gasteiger partial charge on any atom is 0.319 e. The Balaban J connectivity index is 1.79. The highest BCUT2D eigenvalue weighted by atomic mass is 35.5. The van der Waals surface area contributed by atoms with Crippen molar-refractivity contribution in [3.63, 3.8) is 0 Å². The van der Waals surface area contributed by atoms with Crippen molar-refractivity contribution in [2.45, 2.75) is 25.9 Å². The second-order valence-electron chi connectivity index (χ2n) is 8.80. The van der Waals surface area contributed by atoms with E-state index in [4.69, 9.17) is 26.1 Å². The number of methoxy groups -OCH3 is 2. The quantitative estimate of drug-likeness (QED) is 0.329. The van der Waals surface area contributed by atoms with E-state index in [1.165, 1.54) is 37.4 Å². The van der Waals surface area contributed by atoms with Crippen LogP contribution in [0.1, 0.15) is 53.2 Å². The number of hydrogen-bond donors (Lipinski definition) is 0. The second-order valence-corrected chi connectivity index (χ2v) is 9.20. The summed E-state index contributed by atoms with van der Waals surface area (Å²) < 4.78 is 27.8. The van der Waals surface area contributed by atoms with Gasteiger partial charge in [-0.1, -0.05) is 29.8 Å². The Morgan fingerprint density at radius 3 is 2.47 bits per heavy atom. The van der Waals surface area contributed by atoms with Gasteiger partial charge < -0.3 is 14.0 Å². The molecule has 1 atom stereocenters. The first-order chi connectivity index (χ1) is 18.3. The highest BCUT2D eigenvalue weighted by Gasteiger charge is 2.46. The third-order valence-corrected chi connectivity index (χ3v) is 6.59. The molecule has 1 aliphatic heterocycles. The van der Waals surface area contributed by atoms with E-state index in [1.54, 1.807) is 30.3 Å². The molecule has 0 bridgehead atoms. The minimum atomic E-state index is -0.757. The van der Waals surface area contributed by atoms with E-state index >= 15 is 4.39 Å². The zero-order chi connectivity index (χ0) is 27.1. The fourth-order valence-electron chi connectivity index (χ4n) is 4.66. The first-order valence-corrected chi connectivity index (χ1v) is 12.0. The van der Waals surface area contributed by atoms with Gasteiger partial charge >= 0.3 is 6.01 Å². The van der Waals surface area contributed by atoms with Crippen molar-refractivity contribution in [2.75, 3.05) is 19.1 Å². The van der Waals surface area contributed by atoms with E-state index in [-0.39, 0.29) is 34.3 Å². The van der Waals surface area contributed by atoms with Crippen molar-refractivity contribution < 1.29 is 18.7 Å². The molecule has 0 unspecified atom stereocenters. The summed E-state index contributed by atoms with van der Waals surface area (Å²) in [5.74, 6) is -0.567. The number of halogens is 2. The molecule has 0 saturated heterocycles. The monoisotopic (exact) mass is 532 g/mol. The van der Waals surface area contributed by atoms with E-state index in [0.717, 1.165) is 0 Å². The summed E-state index contributed by atoms with van der Waals surface area (Å²) in [6, 6.07) is 12.6. The number of ether oxygens (including phenoxy) is 2. The van der Waals surface area contributed by atoms with Crippen molar-refractivity contribution >= 4 is 23.2 Å². The van der Waals surface area contributed by atoms with Crippen LogP contribution in [0.4, 0.5) is 10.1 Å². The molecule has 0 spiro atoms. The zero-order valence-corrected chi connectivity index (χ0v) is 21.7. The van der Waals surface area contributed by atoms with E-state index < -0.39 is 17.8 Å². The molecule has 0 saturated carbocycles. The number of rotatable bonds is 6. The molecule has 4 aromatic rings. The molecule has 192 valence electrons. The van der Waals surface area contributed by atoms with Crippen LogP contribution in [-0.4, -0.2) is 39.6 Å². The number of aromatic nitrogens is 4. The van der Waals surface area contributed by atoms with Crippen LogP contribution < -0.4 is 14.4 Å². The van der Waals surface area contributed by atoms with Gasteiger partial charge in [-0.05, 0) is 43.7 Å². The van der Waals surface area contributed by atoms with Crippen LogP contribution in [0.15, 0.2) is 48.7 Å². The zero-order valence-electron chi connectivity index (χ0n) is 20.9. The lowest BCUT2D eigenvalue weighted by atomic mass is 10.0. The summed E-state index contributed by atoms with van der Waals surface area (Å²) >= 11 is 6.10. The molecular formula is C27H22ClFN6O3. The van der Waals surface area contributed by atoms with Gasteiger partial charge in [0.05, 0.1) is 47.8 Å². The van der Waals surface area contributed by atoms with Gasteiger partial charge in [0.15, 0.2) is 11.5 Å². The van der Waals surface area contributed by atoms with Crippen LogP contribution in [0.25, 0.3) is 11.4 Å². The Hall–Kier alpha value is -4.49. The average molecular weight is 533 g/mol. The molecule has 2 aromatic heterocycles. The molecule has 1 amide bonds. The summed E-state index contributed by atoms with van der Waals surface area (Å²) in [5, 5.41) is 9.19. The Bertz CT molecular complexity index is 1600. The van der Waals surface area contributed by atoms with Crippen LogP contribution in [0, 0.1) is 17.1 Å². The van der Waals surface area contributed by atoms with Crippen molar-refractivity contribution in [2.24, 2.45) is 0 Å². The lowest BCUT2D eigenvalue weighted by molar-refractivity contribution is 0.0988. The number of hydrogen-bond acceptors (Lipinski definition) is 7. The largest absolute Gasteiger partial charge is 0.480 e. The van der Waals surface area contributed by atoms with Crippen molar-refractivity contribution in [1.29, 1.82) is 5.26 Å². The molecule has 11 heteroatoms. The van der Waals surface area contributed by atoms with Gasteiger partial charge in [-0.15, -0.1) is 0 Å². The Kier molecular flexibility index (Phi) is 6.46. The highest BCUT2D eigenvalue weighted by molar-refractivity contribution is 6.31. The average Bonchev–Trinajstić information content (AvgIpc) is 3.45. The van der Waals surface area contributed by atoms with Crippen LogP contribution in [0.5, 0.6) is 11.9 Å². The van der Waals surface area contributed by atoms with Gasteiger partial charge in [0.2, 0.25) is 5.88 Å². The summed E-state index contributed by atoms with van der Waals surface area (Å²) in [6.45, 7) is 3.90. The number of nitrogens with zero attached hydrogens (tertiary/aromatic N) is 6. The number of benzene rings is 2. The number of imidazole rings is 1. The maximum atomic E-state index is 15.3. The van der Waals surface area contributed by atoms with Crippen molar-refractivity contribution in [3.8, 4) is 29.3 Å². The van der Waals surface area contributed by atoms with Gasteiger partial charge in [-0.3, -0.25) is 9.69 Å². The Labute approximate surface area is 223 Å². The standard InChI is InChI=1S/C27H22ClFN6O3/c1-14(2)34-23-21(32-24(34)17-13-31-27(38-4)33-25(17)37-3)26(36)35(19-7-5-6-18(28)20(19)29)22(23)16-10-8-15(12-30)9-11-16/h5-11,13-14,22H,1-4H3/t22-/m0/s1. The van der Waals surface area contributed by atoms with E-state index in [2.05, 4.69) is 16.0 Å². The third kappa shape index (κ3) is 3.92. The van der Waals surface area contributed by atoms with Crippen molar-refractivity contribution in [1.82, 2.24) is 19.5 Å². The minimum absolute atomic E-state index is 0.0251. The smallest absolute Gasteiger partial charge is 0.319 e. The number of carbonyl (C=O) groups is 1. The fourth-order valence-corrected chi connectivity index (χ4v) is 4.83. The fraction of sp³-hybridized carbons (Fsp3) is 0.222. The normalized spacial score (nSPS) is 14.5. The molecule has 1 aliphatic rings. The summed E-state index contributed by atoms with van der Waals surface area (Å²) in [4.78, 5) is 28.5. The van der Waals surface area contributed by atoms with E-state index in [0.29, 0.717) is 28.2 Å². The van der Waals surface area contributed by atoms with Gasteiger partial charge in [-0.25, -0.2) is 14.4 Å². The lowest BCUT2D eigenvalue weighted by Gasteiger charge is -2.29. The predicted molar refractivity (Wildman–Crippen MR) is 138 cm³/mol. The molecular weight excluding hydrogens is 511 g/mol. The van der Waals surface area contributed by atoms with Crippen LogP contribution in [-0.2, 0) is 0 Å². The van der Waals surface area contributed by atoms with Crippen LogP contribution in [0.2, 0.25) is 5.02 Å². The third-order valence-electron chi connectivity index (χ3n) is 6.30. The second kappa shape index (κ2) is 9.76. The number of fused-ring (bicyclic) bond motifs is 1. The summed E-state index contributed by atoms with van der Waals surface area (Å²) in [5.41, 5.74) is 2.32. The Morgan fingerprint density at radius 1 is 1.11 bits per heavy atom. The predicted octanol–water partition coefficient (Wildman–Crippen LogP) is 5.35. The van der Waals surface area contributed by atoms with Crippen LogP contribution in [0.3, 0.4) is 0 Å². The van der Waals surface area contributed by atoms with Gasteiger partial charge in [0, 0.05) is 12.2 Å². The first-order valence-electron chi connectivity index (χ1n) is 11.7. The van der Waals surface area contributed by atoms with Crippen molar-refractivity contribution in [3.05, 3.63) is 82.0 Å². The molecule has 9 nitrogen and oxygen atoms in total. The molecule has 5 rings (SSSR count). The minimum Gasteiger partial charge on any atom is -0.480 e. The number of carbonyl (C=O) groups excluding carboxylic acids is 1. The SMILES string of the molecule is COc1ncc(-c2nc3c(n2C(C)C)[C@H](c2ccc(C#N)cc2)N(c2cccc(Cl)c2F)C3=O)c(OC)n1. The number of amides is 1. The first kappa shape index (κ1) is 25.2. The van der Waals surface area contributed by atoms with E-state index in [9.17, 15) is 10.1 Å². The van der Waals surface area contributed by atoms with Gasteiger partial charge in [0.25, 0.3) is 5.91 Å². The van der Waals surface area contributed by atoms with Crippen LogP contribution >= 0.6 is 11.6 Å². The summed E-state index contributed by atoms with van der Waals surface area (Å²) in [7, 11) is 2.92. The molecule has 3 heterocycles. The highest BCUT2D eigenvalue weighted by Crippen LogP contribution is 2.46. The molecule has 2 aromatic carbocycles. The molecule has 0 aliphatic carbocycles. The Morgan fingerprint density at radius 2 is 1.84 bits per heavy atom. The lowest BCUT2D eigenvalue weighted by Crippen LogP contribution is -2.31. The topological polar surface area (TPSA) is 106 Å². The number of anilines is 1. The molecule has 38 heavy (non-hydrogen) atoms. The van der Waals surface area contributed by atoms with Gasteiger partial charge in [-0.2, -0.15) is 10.2 Å². The molecule has 0 radical (unpaired) electrons. The molecule has 0 fully saturated rings.